The van der Waals surface area contributed by atoms with Crippen molar-refractivity contribution in [3.05, 3.63) is 59.3 Å². The van der Waals surface area contributed by atoms with Gasteiger partial charge in [-0.05, 0) is 49.2 Å². The topological polar surface area (TPSA) is 73.0 Å². The number of carbonyl (C=O) groups is 1. The zero-order valence-electron chi connectivity index (χ0n) is 13.9. The molecule has 1 fully saturated rings. The molecule has 1 N–H and O–H groups in total. The van der Waals surface area contributed by atoms with Crippen molar-refractivity contribution in [2.24, 2.45) is 0 Å². The van der Waals surface area contributed by atoms with E-state index in [0.717, 1.165) is 35.3 Å². The van der Waals surface area contributed by atoms with Crippen LogP contribution in [0.1, 0.15) is 30.3 Å². The van der Waals surface area contributed by atoms with Crippen LogP contribution in [0, 0.1) is 0 Å². The van der Waals surface area contributed by atoms with Gasteiger partial charge in [0.2, 0.25) is 5.91 Å². The van der Waals surface area contributed by atoms with Crippen LogP contribution < -0.4 is 5.32 Å². The molecular formula is C18H17ClN4O2S. The molecule has 0 spiro atoms. The summed E-state index contributed by atoms with van der Waals surface area (Å²) in [4.78, 5) is 12.2. The zero-order valence-corrected chi connectivity index (χ0v) is 15.5. The average molecular weight is 389 g/mol. The van der Waals surface area contributed by atoms with Gasteiger partial charge in [-0.15, -0.1) is 10.2 Å². The quantitative estimate of drug-likeness (QED) is 0.614. The Balaban J connectivity index is 1.42. The molecule has 0 bridgehead atoms. The molecule has 2 heterocycles. The van der Waals surface area contributed by atoms with Crippen molar-refractivity contribution in [1.29, 1.82) is 0 Å². The molecule has 1 aromatic carbocycles. The second-order valence-corrected chi connectivity index (χ2v) is 7.50. The third kappa shape index (κ3) is 4.11. The molecule has 8 heteroatoms. The summed E-state index contributed by atoms with van der Waals surface area (Å²) in [6.07, 6.45) is 3.93. The number of anilines is 1. The number of hydrogen-bond donors (Lipinski definition) is 1. The van der Waals surface area contributed by atoms with Crippen LogP contribution in [0.5, 0.6) is 0 Å². The Morgan fingerprint density at radius 3 is 2.77 bits per heavy atom. The lowest BCUT2D eigenvalue weighted by Crippen LogP contribution is -2.15. The molecule has 1 amide bonds. The Morgan fingerprint density at radius 2 is 2.08 bits per heavy atom. The van der Waals surface area contributed by atoms with Gasteiger partial charge in [0.1, 0.15) is 11.6 Å². The van der Waals surface area contributed by atoms with Crippen LogP contribution in [-0.2, 0) is 11.3 Å². The van der Waals surface area contributed by atoms with Gasteiger partial charge in [-0.25, -0.2) is 0 Å². The minimum Gasteiger partial charge on any atom is -0.467 e. The molecule has 0 aliphatic heterocycles. The van der Waals surface area contributed by atoms with E-state index in [4.69, 9.17) is 16.0 Å². The molecule has 1 aliphatic carbocycles. The smallest absolute Gasteiger partial charge is 0.234 e. The van der Waals surface area contributed by atoms with E-state index in [1.807, 2.05) is 12.1 Å². The zero-order chi connectivity index (χ0) is 17.9. The maximum absolute atomic E-state index is 12.2. The molecule has 0 unspecified atom stereocenters. The van der Waals surface area contributed by atoms with Gasteiger partial charge < -0.3 is 9.73 Å². The minimum absolute atomic E-state index is 0.0992. The number of nitrogens with zero attached hydrogens (tertiary/aromatic N) is 3. The van der Waals surface area contributed by atoms with Crippen molar-refractivity contribution in [1.82, 2.24) is 14.8 Å². The molecule has 1 aliphatic rings. The highest BCUT2D eigenvalue weighted by Gasteiger charge is 2.30. The summed E-state index contributed by atoms with van der Waals surface area (Å²) in [6.45, 7) is 0.576. The molecule has 0 saturated heterocycles. The number of furan rings is 1. The molecule has 4 rings (SSSR count). The molecule has 6 nitrogen and oxygen atoms in total. The van der Waals surface area contributed by atoms with E-state index in [-0.39, 0.29) is 11.7 Å². The van der Waals surface area contributed by atoms with E-state index in [9.17, 15) is 4.79 Å². The molecule has 26 heavy (non-hydrogen) atoms. The summed E-state index contributed by atoms with van der Waals surface area (Å²) < 4.78 is 7.51. The second kappa shape index (κ2) is 7.55. The minimum atomic E-state index is -0.0992. The summed E-state index contributed by atoms with van der Waals surface area (Å²) in [6, 6.07) is 10.8. The highest BCUT2D eigenvalue weighted by molar-refractivity contribution is 7.99. The molecule has 3 aromatic rings. The number of amides is 1. The van der Waals surface area contributed by atoms with Gasteiger partial charge in [0.25, 0.3) is 0 Å². The van der Waals surface area contributed by atoms with Crippen LogP contribution in [-0.4, -0.2) is 26.4 Å². The van der Waals surface area contributed by atoms with E-state index < -0.39 is 0 Å². The SMILES string of the molecule is O=C(CSc1nnc(C2CC2)n1Cc1ccco1)Nc1ccc(Cl)cc1. The largest absolute Gasteiger partial charge is 0.467 e. The van der Waals surface area contributed by atoms with Gasteiger partial charge in [-0.1, -0.05) is 23.4 Å². The standard InChI is InChI=1S/C18H17ClN4O2S/c19-13-5-7-14(8-6-13)20-16(24)11-26-18-22-21-17(12-3-4-12)23(18)10-15-2-1-9-25-15/h1-2,5-9,12H,3-4,10-11H2,(H,20,24). The van der Waals surface area contributed by atoms with Gasteiger partial charge in [0.15, 0.2) is 5.16 Å². The number of hydrogen-bond acceptors (Lipinski definition) is 5. The van der Waals surface area contributed by atoms with Gasteiger partial charge >= 0.3 is 0 Å². The van der Waals surface area contributed by atoms with Crippen LogP contribution in [0.2, 0.25) is 5.02 Å². The number of halogens is 1. The predicted octanol–water partition coefficient (Wildman–Crippen LogP) is 4.18. The highest BCUT2D eigenvalue weighted by atomic mass is 35.5. The van der Waals surface area contributed by atoms with Gasteiger partial charge in [-0.3, -0.25) is 9.36 Å². The number of benzene rings is 1. The summed E-state index contributed by atoms with van der Waals surface area (Å²) >= 11 is 7.23. The first-order valence-corrected chi connectivity index (χ1v) is 9.69. The Bertz CT molecular complexity index is 889. The van der Waals surface area contributed by atoms with Crippen molar-refractivity contribution in [2.45, 2.75) is 30.5 Å². The Labute approximate surface area is 159 Å². The Morgan fingerprint density at radius 1 is 1.27 bits per heavy atom. The molecular weight excluding hydrogens is 372 g/mol. The first-order chi connectivity index (χ1) is 12.7. The van der Waals surface area contributed by atoms with Crippen LogP contribution in [0.25, 0.3) is 0 Å². The molecule has 0 atom stereocenters. The maximum Gasteiger partial charge on any atom is 0.234 e. The highest BCUT2D eigenvalue weighted by Crippen LogP contribution is 2.40. The van der Waals surface area contributed by atoms with Crippen molar-refractivity contribution in [3.8, 4) is 0 Å². The number of thioether (sulfide) groups is 1. The Kier molecular flexibility index (Phi) is 4.99. The molecule has 134 valence electrons. The van der Waals surface area contributed by atoms with Crippen molar-refractivity contribution < 1.29 is 9.21 Å². The Hall–Kier alpha value is -2.25. The lowest BCUT2D eigenvalue weighted by Gasteiger charge is -2.08. The fourth-order valence-corrected chi connectivity index (χ4v) is 3.49. The third-order valence-corrected chi connectivity index (χ3v) is 5.26. The van der Waals surface area contributed by atoms with Crippen LogP contribution in [0.4, 0.5) is 5.69 Å². The number of nitrogens with one attached hydrogen (secondary N) is 1. The van der Waals surface area contributed by atoms with E-state index >= 15 is 0 Å². The normalized spacial score (nSPS) is 13.7. The summed E-state index contributed by atoms with van der Waals surface area (Å²) in [5.74, 6) is 2.44. The second-order valence-electron chi connectivity index (χ2n) is 6.12. The summed E-state index contributed by atoms with van der Waals surface area (Å²) in [5.41, 5.74) is 0.718. The fourth-order valence-electron chi connectivity index (χ4n) is 2.62. The average Bonchev–Trinajstić information content (AvgIpc) is 3.20. The molecule has 0 radical (unpaired) electrons. The predicted molar refractivity (Wildman–Crippen MR) is 101 cm³/mol. The number of carbonyl (C=O) groups excluding carboxylic acids is 1. The first-order valence-electron chi connectivity index (χ1n) is 8.33. The number of aromatic nitrogens is 3. The van der Waals surface area contributed by atoms with Crippen molar-refractivity contribution >= 4 is 35.0 Å². The third-order valence-electron chi connectivity index (χ3n) is 4.04. The van der Waals surface area contributed by atoms with E-state index in [1.54, 1.807) is 30.5 Å². The van der Waals surface area contributed by atoms with Crippen LogP contribution in [0.15, 0.2) is 52.2 Å². The van der Waals surface area contributed by atoms with E-state index in [2.05, 4.69) is 20.1 Å². The lowest BCUT2D eigenvalue weighted by atomic mass is 10.3. The first kappa shape index (κ1) is 17.2. The molecule has 2 aromatic heterocycles. The van der Waals surface area contributed by atoms with Crippen LogP contribution in [0.3, 0.4) is 0 Å². The fraction of sp³-hybridized carbons (Fsp3) is 0.278. The summed E-state index contributed by atoms with van der Waals surface area (Å²) in [5, 5.41) is 12.8. The van der Waals surface area contributed by atoms with Crippen LogP contribution >= 0.6 is 23.4 Å². The van der Waals surface area contributed by atoms with E-state index in [0.29, 0.717) is 17.5 Å². The summed E-state index contributed by atoms with van der Waals surface area (Å²) in [7, 11) is 0. The van der Waals surface area contributed by atoms with Gasteiger partial charge in [0, 0.05) is 16.6 Å². The molecule has 1 saturated carbocycles. The monoisotopic (exact) mass is 388 g/mol. The van der Waals surface area contributed by atoms with Gasteiger partial charge in [0.05, 0.1) is 18.6 Å². The number of rotatable bonds is 7. The van der Waals surface area contributed by atoms with Gasteiger partial charge in [-0.2, -0.15) is 0 Å². The maximum atomic E-state index is 12.2. The lowest BCUT2D eigenvalue weighted by molar-refractivity contribution is -0.113. The van der Waals surface area contributed by atoms with Crippen molar-refractivity contribution in [3.63, 3.8) is 0 Å². The van der Waals surface area contributed by atoms with Crippen molar-refractivity contribution in [2.75, 3.05) is 11.1 Å². The van der Waals surface area contributed by atoms with E-state index in [1.165, 1.54) is 11.8 Å².